The molecule has 6 nitrogen and oxygen atoms in total. The molecule has 3 heterocycles. The Kier molecular flexibility index (Phi) is 4.51. The van der Waals surface area contributed by atoms with Crippen LogP contribution >= 0.6 is 0 Å². The van der Waals surface area contributed by atoms with Crippen molar-refractivity contribution in [1.82, 2.24) is 14.8 Å². The summed E-state index contributed by atoms with van der Waals surface area (Å²) in [5.41, 5.74) is 2.62. The Morgan fingerprint density at radius 3 is 2.92 bits per heavy atom. The number of fused-ring (bicyclic) bond motifs is 1. The smallest absolute Gasteiger partial charge is 0.254 e. The van der Waals surface area contributed by atoms with Crippen LogP contribution in [0.1, 0.15) is 40.6 Å². The normalized spacial score (nSPS) is 18.6. The van der Waals surface area contributed by atoms with E-state index in [2.05, 4.69) is 4.90 Å². The highest BCUT2D eigenvalue weighted by Crippen LogP contribution is 2.36. The molecule has 2 aromatic rings. The fourth-order valence-corrected chi connectivity index (χ4v) is 3.61. The molecule has 0 bridgehead atoms. The summed E-state index contributed by atoms with van der Waals surface area (Å²) < 4.78 is 10.7. The highest BCUT2D eigenvalue weighted by atomic mass is 16.7. The summed E-state index contributed by atoms with van der Waals surface area (Å²) in [5, 5.41) is 0. The number of amides is 1. The van der Waals surface area contributed by atoms with E-state index in [4.69, 9.17) is 14.5 Å². The SMILES string of the molecule is CN(C)Cc1cccc([C@H]2CCCN2C(=O)c2ccc3c(c2)OCO3)n1. The number of hydrogen-bond acceptors (Lipinski definition) is 5. The van der Waals surface area contributed by atoms with E-state index < -0.39 is 0 Å². The van der Waals surface area contributed by atoms with Gasteiger partial charge < -0.3 is 19.3 Å². The second kappa shape index (κ2) is 6.96. The van der Waals surface area contributed by atoms with Crippen LogP contribution in [0.25, 0.3) is 0 Å². The first-order valence-corrected chi connectivity index (χ1v) is 8.93. The molecular weight excluding hydrogens is 330 g/mol. The molecule has 0 saturated carbocycles. The van der Waals surface area contributed by atoms with E-state index in [9.17, 15) is 4.79 Å². The van der Waals surface area contributed by atoms with Gasteiger partial charge in [0.1, 0.15) is 0 Å². The molecule has 1 saturated heterocycles. The number of carbonyl (C=O) groups is 1. The monoisotopic (exact) mass is 353 g/mol. The second-order valence-electron chi connectivity index (χ2n) is 7.02. The standard InChI is InChI=1S/C20H23N3O3/c1-22(2)12-15-5-3-6-16(21-15)17-7-4-10-23(17)20(24)14-8-9-18-19(11-14)26-13-25-18/h3,5-6,8-9,11,17H,4,7,10,12-13H2,1-2H3/t17-/m1/s1. The lowest BCUT2D eigenvalue weighted by molar-refractivity contribution is 0.0732. The van der Waals surface area contributed by atoms with Crippen molar-refractivity contribution in [2.75, 3.05) is 27.4 Å². The summed E-state index contributed by atoms with van der Waals surface area (Å²) >= 11 is 0. The zero-order chi connectivity index (χ0) is 18.1. The summed E-state index contributed by atoms with van der Waals surface area (Å²) in [4.78, 5) is 21.9. The van der Waals surface area contributed by atoms with Gasteiger partial charge in [0.25, 0.3) is 5.91 Å². The topological polar surface area (TPSA) is 54.9 Å². The molecule has 26 heavy (non-hydrogen) atoms. The van der Waals surface area contributed by atoms with E-state index in [1.165, 1.54) is 0 Å². The number of pyridine rings is 1. The van der Waals surface area contributed by atoms with Crippen molar-refractivity contribution in [3.05, 3.63) is 53.3 Å². The molecule has 136 valence electrons. The van der Waals surface area contributed by atoms with E-state index in [1.54, 1.807) is 18.2 Å². The molecule has 0 aliphatic carbocycles. The molecule has 1 aromatic carbocycles. The Labute approximate surface area is 153 Å². The molecule has 0 radical (unpaired) electrons. The number of likely N-dealkylation sites (tertiary alicyclic amines) is 1. The zero-order valence-corrected chi connectivity index (χ0v) is 15.1. The molecule has 1 amide bonds. The molecule has 1 aromatic heterocycles. The van der Waals surface area contributed by atoms with Crippen LogP contribution in [-0.2, 0) is 6.54 Å². The first-order valence-electron chi connectivity index (χ1n) is 8.93. The Bertz CT molecular complexity index is 822. The number of carbonyl (C=O) groups excluding carboxylic acids is 1. The van der Waals surface area contributed by atoms with Gasteiger partial charge in [0.2, 0.25) is 6.79 Å². The molecule has 2 aliphatic rings. The average Bonchev–Trinajstić information content (AvgIpc) is 3.29. The van der Waals surface area contributed by atoms with Crippen molar-refractivity contribution in [1.29, 1.82) is 0 Å². The van der Waals surface area contributed by atoms with E-state index >= 15 is 0 Å². The van der Waals surface area contributed by atoms with Crippen molar-refractivity contribution >= 4 is 5.91 Å². The van der Waals surface area contributed by atoms with Crippen LogP contribution in [0.4, 0.5) is 0 Å². The van der Waals surface area contributed by atoms with Crippen LogP contribution in [0.5, 0.6) is 11.5 Å². The summed E-state index contributed by atoms with van der Waals surface area (Å²) in [6, 6.07) is 11.5. The summed E-state index contributed by atoms with van der Waals surface area (Å²) in [7, 11) is 4.05. The Balaban J connectivity index is 1.57. The minimum absolute atomic E-state index is 0.0191. The van der Waals surface area contributed by atoms with Crippen LogP contribution in [0.2, 0.25) is 0 Å². The predicted molar refractivity (Wildman–Crippen MR) is 97.2 cm³/mol. The number of ether oxygens (including phenoxy) is 2. The maximum Gasteiger partial charge on any atom is 0.254 e. The average molecular weight is 353 g/mol. The van der Waals surface area contributed by atoms with Gasteiger partial charge in [-0.2, -0.15) is 0 Å². The maximum absolute atomic E-state index is 13.1. The van der Waals surface area contributed by atoms with Crippen molar-refractivity contribution in [2.45, 2.75) is 25.4 Å². The minimum atomic E-state index is 0.0191. The lowest BCUT2D eigenvalue weighted by Gasteiger charge is -2.25. The quantitative estimate of drug-likeness (QED) is 0.846. The zero-order valence-electron chi connectivity index (χ0n) is 15.1. The lowest BCUT2D eigenvalue weighted by Crippen LogP contribution is -2.31. The van der Waals surface area contributed by atoms with Crippen molar-refractivity contribution in [2.24, 2.45) is 0 Å². The molecule has 4 rings (SSSR count). The fraction of sp³-hybridized carbons (Fsp3) is 0.400. The summed E-state index contributed by atoms with van der Waals surface area (Å²) in [6.07, 6.45) is 1.93. The molecule has 0 N–H and O–H groups in total. The van der Waals surface area contributed by atoms with E-state index in [1.807, 2.05) is 37.2 Å². The fourth-order valence-electron chi connectivity index (χ4n) is 3.61. The van der Waals surface area contributed by atoms with Crippen molar-refractivity contribution < 1.29 is 14.3 Å². The minimum Gasteiger partial charge on any atom is -0.454 e. The second-order valence-corrected chi connectivity index (χ2v) is 7.02. The van der Waals surface area contributed by atoms with Gasteiger partial charge in [0.15, 0.2) is 11.5 Å². The highest BCUT2D eigenvalue weighted by Gasteiger charge is 2.32. The van der Waals surface area contributed by atoms with Gasteiger partial charge in [-0.25, -0.2) is 0 Å². The Hall–Kier alpha value is -2.60. The van der Waals surface area contributed by atoms with Crippen LogP contribution < -0.4 is 9.47 Å². The number of nitrogens with zero attached hydrogens (tertiary/aromatic N) is 3. The Morgan fingerprint density at radius 1 is 1.23 bits per heavy atom. The first-order chi connectivity index (χ1) is 12.6. The summed E-state index contributed by atoms with van der Waals surface area (Å²) in [6.45, 7) is 1.75. The van der Waals surface area contributed by atoms with E-state index in [-0.39, 0.29) is 18.7 Å². The number of hydrogen-bond donors (Lipinski definition) is 0. The number of benzene rings is 1. The third kappa shape index (κ3) is 3.24. The highest BCUT2D eigenvalue weighted by molar-refractivity contribution is 5.95. The third-order valence-corrected chi connectivity index (χ3v) is 4.78. The van der Waals surface area contributed by atoms with Gasteiger partial charge in [-0.15, -0.1) is 0 Å². The van der Waals surface area contributed by atoms with Crippen molar-refractivity contribution in [3.63, 3.8) is 0 Å². The van der Waals surface area contributed by atoms with Gasteiger partial charge in [-0.1, -0.05) is 6.07 Å². The molecular formula is C20H23N3O3. The predicted octanol–water partition coefficient (Wildman–Crippen LogP) is 2.85. The van der Waals surface area contributed by atoms with Gasteiger partial charge in [0.05, 0.1) is 17.4 Å². The number of rotatable bonds is 4. The number of aromatic nitrogens is 1. The first kappa shape index (κ1) is 16.8. The Morgan fingerprint density at radius 2 is 2.08 bits per heavy atom. The van der Waals surface area contributed by atoms with Gasteiger partial charge in [-0.3, -0.25) is 9.78 Å². The van der Waals surface area contributed by atoms with E-state index in [0.29, 0.717) is 17.1 Å². The molecule has 0 unspecified atom stereocenters. The van der Waals surface area contributed by atoms with E-state index in [0.717, 1.165) is 37.3 Å². The molecule has 0 spiro atoms. The van der Waals surface area contributed by atoms with Crippen LogP contribution in [0.15, 0.2) is 36.4 Å². The van der Waals surface area contributed by atoms with Crippen LogP contribution in [-0.4, -0.2) is 48.1 Å². The third-order valence-electron chi connectivity index (χ3n) is 4.78. The lowest BCUT2D eigenvalue weighted by atomic mass is 10.1. The largest absolute Gasteiger partial charge is 0.454 e. The molecule has 1 fully saturated rings. The maximum atomic E-state index is 13.1. The molecule has 6 heteroatoms. The van der Waals surface area contributed by atoms with Crippen LogP contribution in [0, 0.1) is 0 Å². The molecule has 2 aliphatic heterocycles. The van der Waals surface area contributed by atoms with Crippen LogP contribution in [0.3, 0.4) is 0 Å². The van der Waals surface area contributed by atoms with Gasteiger partial charge in [0, 0.05) is 18.7 Å². The molecule has 1 atom stereocenters. The van der Waals surface area contributed by atoms with Crippen molar-refractivity contribution in [3.8, 4) is 11.5 Å². The van der Waals surface area contributed by atoms with Gasteiger partial charge in [-0.05, 0) is 57.3 Å². The summed E-state index contributed by atoms with van der Waals surface area (Å²) in [5.74, 6) is 1.35. The van der Waals surface area contributed by atoms with Gasteiger partial charge >= 0.3 is 0 Å².